The molecule has 0 aliphatic carbocycles. The van der Waals surface area contributed by atoms with Crippen LogP contribution in [0, 0.1) is 0 Å². The molecule has 12 heteroatoms. The van der Waals surface area contributed by atoms with Crippen LogP contribution in [0.2, 0.25) is 0 Å². The van der Waals surface area contributed by atoms with Gasteiger partial charge in [0.15, 0.2) is 11.8 Å². The number of aromatic nitrogens is 5. The van der Waals surface area contributed by atoms with Gasteiger partial charge in [-0.1, -0.05) is 0 Å². The maximum atomic E-state index is 13.1. The van der Waals surface area contributed by atoms with Gasteiger partial charge in [0.2, 0.25) is 0 Å². The van der Waals surface area contributed by atoms with Gasteiger partial charge in [-0.05, 0) is 6.92 Å². The van der Waals surface area contributed by atoms with Crippen LogP contribution in [0.15, 0.2) is 33.8 Å². The number of rotatable bonds is 6. The summed E-state index contributed by atoms with van der Waals surface area (Å²) in [5, 5.41) is 7.98. The van der Waals surface area contributed by atoms with E-state index in [0.29, 0.717) is 18.7 Å². The van der Waals surface area contributed by atoms with Crippen LogP contribution in [0.25, 0.3) is 21.3 Å². The number of aryl methyl sites for hydroxylation is 1. The summed E-state index contributed by atoms with van der Waals surface area (Å²) in [4.78, 5) is 22.2. The summed E-state index contributed by atoms with van der Waals surface area (Å²) in [6, 6.07) is 0. The van der Waals surface area contributed by atoms with Gasteiger partial charge < -0.3 is 9.30 Å². The third-order valence-electron chi connectivity index (χ3n) is 4.74. The molecule has 1 unspecified atom stereocenters. The first-order valence-electron chi connectivity index (χ1n) is 9.05. The molecular formula is C17H19N8O2S2+. The van der Waals surface area contributed by atoms with Gasteiger partial charge in [0.25, 0.3) is 5.56 Å². The van der Waals surface area contributed by atoms with Crippen LogP contribution in [-0.2, 0) is 18.3 Å². The Kier molecular flexibility index (Phi) is 4.54. The predicted octanol–water partition coefficient (Wildman–Crippen LogP) is 0.355. The van der Waals surface area contributed by atoms with Crippen LogP contribution in [0.4, 0.5) is 0 Å². The Morgan fingerprint density at radius 2 is 2.31 bits per heavy atom. The maximum Gasteiger partial charge on any atom is 0.291 e. The first-order chi connectivity index (χ1) is 14.2. The average molecular weight is 432 g/mol. The van der Waals surface area contributed by atoms with E-state index in [1.165, 1.54) is 27.4 Å². The molecule has 0 saturated carbocycles. The van der Waals surface area contributed by atoms with E-state index >= 15 is 0 Å². The summed E-state index contributed by atoms with van der Waals surface area (Å²) in [6.07, 6.45) is 3.24. The van der Waals surface area contributed by atoms with Gasteiger partial charge in [0.05, 0.1) is 34.8 Å². The Morgan fingerprint density at radius 3 is 3.03 bits per heavy atom. The first-order valence-corrected chi connectivity index (χ1v) is 10.8. The molecule has 29 heavy (non-hydrogen) atoms. The van der Waals surface area contributed by atoms with Crippen LogP contribution >= 0.6 is 22.7 Å². The fraction of sp³-hybridized carbons (Fsp3) is 0.294. The van der Waals surface area contributed by atoms with Gasteiger partial charge in [-0.25, -0.2) is 25.5 Å². The largest absolute Gasteiger partial charge is 0.365 e. The van der Waals surface area contributed by atoms with Crippen molar-refractivity contribution in [2.24, 2.45) is 7.05 Å². The minimum Gasteiger partial charge on any atom is -0.365 e. The van der Waals surface area contributed by atoms with Gasteiger partial charge in [-0.2, -0.15) is 10.6 Å². The number of nitrogens with zero attached hydrogens (tertiary/aromatic N) is 5. The van der Waals surface area contributed by atoms with Crippen molar-refractivity contribution < 1.29 is 10.3 Å². The summed E-state index contributed by atoms with van der Waals surface area (Å²) < 4.78 is 10.1. The second kappa shape index (κ2) is 7.22. The molecule has 150 valence electrons. The molecule has 0 bridgehead atoms. The Labute approximate surface area is 172 Å². The van der Waals surface area contributed by atoms with Gasteiger partial charge in [-0.15, -0.1) is 22.7 Å². The molecule has 4 aromatic heterocycles. The number of hydrogen-bond acceptors (Lipinski definition) is 9. The summed E-state index contributed by atoms with van der Waals surface area (Å²) in [6.45, 7) is 2.88. The Bertz CT molecular complexity index is 1270. The predicted molar refractivity (Wildman–Crippen MR) is 110 cm³/mol. The number of nitrogens with two attached hydrogens (primary N) is 1. The van der Waals surface area contributed by atoms with Crippen molar-refractivity contribution >= 4 is 43.9 Å². The van der Waals surface area contributed by atoms with Crippen molar-refractivity contribution in [1.29, 1.82) is 0 Å². The number of ether oxygens (including phenoxy) is 1. The molecule has 1 atom stereocenters. The zero-order chi connectivity index (χ0) is 20.0. The normalized spacial score (nSPS) is 14.9. The molecule has 0 spiro atoms. The fourth-order valence-electron chi connectivity index (χ4n) is 3.40. The highest BCUT2D eigenvalue weighted by Gasteiger charge is 2.25. The van der Waals surface area contributed by atoms with E-state index in [1.54, 1.807) is 17.2 Å². The van der Waals surface area contributed by atoms with Gasteiger partial charge in [-0.3, -0.25) is 4.79 Å². The molecule has 0 radical (unpaired) electrons. The molecule has 5 heterocycles. The summed E-state index contributed by atoms with van der Waals surface area (Å²) in [5.41, 5.74) is 12.4. The second-order valence-corrected chi connectivity index (χ2v) is 8.26. The lowest BCUT2D eigenvalue weighted by Gasteiger charge is -2.11. The van der Waals surface area contributed by atoms with E-state index in [-0.39, 0.29) is 11.7 Å². The minimum atomic E-state index is -0.309. The standard InChI is InChI=1S/C17H18N8O2S2/c1-3-27-13(11-7-28-8-18-11)16-21-15-14(29-16)10-5-20-25(6-9-4-19-23-22-9)17(26)12(10)24(15)2/h4-5,7-8,13,19,22-23H,3,6H2,1-2H3/p+1. The first kappa shape index (κ1) is 18.2. The number of allylic oxidation sites excluding steroid dienone is 1. The van der Waals surface area contributed by atoms with Crippen molar-refractivity contribution in [2.75, 3.05) is 6.61 Å². The second-order valence-electron chi connectivity index (χ2n) is 6.51. The molecule has 4 N–H and O–H groups in total. The van der Waals surface area contributed by atoms with Crippen LogP contribution in [0.5, 0.6) is 0 Å². The fourth-order valence-corrected chi connectivity index (χ4v) is 5.14. The SMILES string of the molecule is CCOC(c1cscn1)c1nc2c(s1)c1cnn(CC3=CN[NH2+]N3)c(=O)c1n2C. The molecule has 0 aromatic carbocycles. The van der Waals surface area contributed by atoms with Gasteiger partial charge in [0.1, 0.15) is 16.2 Å². The summed E-state index contributed by atoms with van der Waals surface area (Å²) >= 11 is 3.05. The van der Waals surface area contributed by atoms with Crippen molar-refractivity contribution in [2.45, 2.75) is 19.6 Å². The number of thiazole rings is 2. The van der Waals surface area contributed by atoms with Crippen LogP contribution in [-0.4, -0.2) is 30.9 Å². The number of fused-ring (bicyclic) bond motifs is 3. The lowest BCUT2D eigenvalue weighted by atomic mass is 10.3. The van der Waals surface area contributed by atoms with Crippen LogP contribution < -0.4 is 21.9 Å². The third kappa shape index (κ3) is 3.00. The van der Waals surface area contributed by atoms with Crippen molar-refractivity contribution in [3.05, 3.63) is 50.0 Å². The van der Waals surface area contributed by atoms with E-state index in [9.17, 15) is 4.79 Å². The maximum absolute atomic E-state index is 13.1. The van der Waals surface area contributed by atoms with Crippen molar-refractivity contribution in [3.63, 3.8) is 0 Å². The molecular weight excluding hydrogens is 412 g/mol. The summed E-state index contributed by atoms with van der Waals surface area (Å²) in [5.74, 6) is 0. The number of quaternary nitrogens is 1. The molecule has 4 aromatic rings. The highest BCUT2D eigenvalue weighted by Crippen LogP contribution is 2.36. The van der Waals surface area contributed by atoms with Crippen LogP contribution in [0.3, 0.4) is 0 Å². The quantitative estimate of drug-likeness (QED) is 0.378. The van der Waals surface area contributed by atoms with Crippen LogP contribution in [0.1, 0.15) is 23.7 Å². The molecule has 0 amide bonds. The number of nitrogens with one attached hydrogen (secondary N) is 2. The molecule has 0 saturated heterocycles. The smallest absolute Gasteiger partial charge is 0.291 e. The molecule has 0 fully saturated rings. The van der Waals surface area contributed by atoms with E-state index in [2.05, 4.69) is 20.9 Å². The zero-order valence-electron chi connectivity index (χ0n) is 15.7. The monoisotopic (exact) mass is 431 g/mol. The summed E-state index contributed by atoms with van der Waals surface area (Å²) in [7, 11) is 1.86. The molecule has 10 nitrogen and oxygen atoms in total. The van der Waals surface area contributed by atoms with E-state index in [1.807, 2.05) is 30.1 Å². The van der Waals surface area contributed by atoms with Gasteiger partial charge >= 0.3 is 0 Å². The van der Waals surface area contributed by atoms with Crippen molar-refractivity contribution in [3.8, 4) is 0 Å². The van der Waals surface area contributed by atoms with E-state index in [0.717, 1.165) is 32.1 Å². The highest BCUT2D eigenvalue weighted by atomic mass is 32.1. The Balaban J connectivity index is 1.61. The lowest BCUT2D eigenvalue weighted by molar-refractivity contribution is -0.739. The van der Waals surface area contributed by atoms with Crippen molar-refractivity contribution in [1.82, 2.24) is 35.2 Å². The minimum absolute atomic E-state index is 0.146. The molecule has 5 rings (SSSR count). The third-order valence-corrected chi connectivity index (χ3v) is 6.46. The molecule has 1 aliphatic heterocycles. The molecule has 1 aliphatic rings. The van der Waals surface area contributed by atoms with E-state index < -0.39 is 0 Å². The lowest BCUT2D eigenvalue weighted by Crippen LogP contribution is -2.96. The zero-order valence-corrected chi connectivity index (χ0v) is 17.4. The Morgan fingerprint density at radius 1 is 1.41 bits per heavy atom. The average Bonchev–Trinajstić information content (AvgIpc) is 3.49. The van der Waals surface area contributed by atoms with E-state index in [4.69, 9.17) is 9.72 Å². The van der Waals surface area contributed by atoms with Gasteiger partial charge in [0, 0.05) is 24.4 Å². The number of hydrogen-bond donors (Lipinski definition) is 3. The Hall–Kier alpha value is -2.80. The highest BCUT2D eigenvalue weighted by molar-refractivity contribution is 7.19. The topological polar surface area (TPSA) is 116 Å².